The number of nitrogens with one attached hydrogen (secondary N) is 8. The molecule has 4 heterocycles. The van der Waals surface area contributed by atoms with Crippen LogP contribution in [0.15, 0.2) is 72.4 Å². The topological polar surface area (TPSA) is 464 Å². The molecular formula is C72H105N13O19. The van der Waals surface area contributed by atoms with E-state index >= 15 is 9.59 Å². The maximum Gasteiger partial charge on any atom is 0.329 e. The van der Waals surface area contributed by atoms with E-state index in [0.29, 0.717) is 30.4 Å². The summed E-state index contributed by atoms with van der Waals surface area (Å²) in [6.07, 6.45) is -6.38. The molecule has 6 rings (SSSR count). The van der Waals surface area contributed by atoms with Gasteiger partial charge in [-0.25, -0.2) is 4.79 Å². The number of fused-ring (bicyclic) bond motifs is 3. The number of hydrogen-bond acceptors (Lipinski definition) is 19. The maximum absolute atomic E-state index is 15.2. The Hall–Kier alpha value is -9.40. The van der Waals surface area contributed by atoms with Crippen molar-refractivity contribution in [3.63, 3.8) is 0 Å². The van der Waals surface area contributed by atoms with Crippen LogP contribution in [-0.2, 0) is 84.7 Å². The van der Waals surface area contributed by atoms with E-state index in [2.05, 4.69) is 42.5 Å². The highest BCUT2D eigenvalue weighted by atomic mass is 16.5. The van der Waals surface area contributed by atoms with Gasteiger partial charge in [-0.3, -0.25) is 62.3 Å². The highest BCUT2D eigenvalue weighted by Gasteiger charge is 2.46. The number of primary amides is 1. The average molecular weight is 1460 g/mol. The third kappa shape index (κ3) is 23.6. The molecule has 2 aromatic carbocycles. The van der Waals surface area contributed by atoms with Crippen molar-refractivity contribution >= 4 is 82.8 Å². The second-order valence-electron chi connectivity index (χ2n) is 27.7. The van der Waals surface area contributed by atoms with Crippen molar-refractivity contribution in [1.29, 1.82) is 0 Å². The van der Waals surface area contributed by atoms with Crippen LogP contribution in [0.2, 0.25) is 0 Å². The van der Waals surface area contributed by atoms with E-state index in [1.54, 1.807) is 74.5 Å². The van der Waals surface area contributed by atoms with Gasteiger partial charge in [0.2, 0.25) is 65.0 Å². The summed E-state index contributed by atoms with van der Waals surface area (Å²) in [4.78, 5) is 204. The zero-order chi connectivity index (χ0) is 76.6. The number of likely N-dealkylation sites (N-methyl/N-ethyl adjacent to an activating group) is 1. The first-order valence-electron chi connectivity index (χ1n) is 35.8. The fourth-order valence-corrected chi connectivity index (χ4v) is 13.3. The third-order valence-electron chi connectivity index (χ3n) is 19.4. The summed E-state index contributed by atoms with van der Waals surface area (Å²) in [7, 11) is 1.40. The molecule has 13 amide bonds. The molecule has 4 aliphatic heterocycles. The molecule has 32 heteroatoms. The van der Waals surface area contributed by atoms with Crippen molar-refractivity contribution < 1.29 is 92.3 Å². The number of esters is 1. The lowest BCUT2D eigenvalue weighted by Gasteiger charge is -2.34. The number of benzene rings is 2. The monoisotopic (exact) mass is 1460 g/mol. The first-order valence-corrected chi connectivity index (χ1v) is 35.8. The summed E-state index contributed by atoms with van der Waals surface area (Å²) < 4.78 is 6.17. The van der Waals surface area contributed by atoms with E-state index in [1.807, 2.05) is 13.8 Å². The van der Waals surface area contributed by atoms with Gasteiger partial charge in [0.15, 0.2) is 6.10 Å². The number of aryl methyl sites for hydroxylation is 1. The number of aliphatic hydroxyl groups excluding tert-OH is 4. The van der Waals surface area contributed by atoms with Crippen LogP contribution in [0.25, 0.3) is 0 Å². The SMILES string of the molecule is C/C=C1/NC(=O)[C@H](CO)NC(=O)[C@@H]([C@@H](C)CC)NC(=O)[C@@H]2CCCN2C(=O)[C@@H]2CCCN2C(=O)CNC(=O)[C@@H](CCC(N)=O)NC(=O)C(O)C(CC(CC(O)Cc2ccccc2)OC(=O)[C@H](CC(C)C)N(C)C(C)=O)NC(=O)[C@@H]2CCCN2C(=O)[C@@H](CCc2ccccc2)NC(=O)[C@@H]([C@@H](C)O)NC1=O. The summed E-state index contributed by atoms with van der Waals surface area (Å²) in [6, 6.07) is 2.52. The predicted molar refractivity (Wildman–Crippen MR) is 375 cm³/mol. The van der Waals surface area contributed by atoms with Gasteiger partial charge in [-0.1, -0.05) is 101 Å². The Morgan fingerprint density at radius 1 is 0.654 bits per heavy atom. The summed E-state index contributed by atoms with van der Waals surface area (Å²) >= 11 is 0. The number of hydrogen-bond donors (Lipinski definition) is 13. The van der Waals surface area contributed by atoms with E-state index in [1.165, 1.54) is 42.5 Å². The molecule has 2 aromatic rings. The number of carbonyl (C=O) groups excluding carboxylic acids is 14. The van der Waals surface area contributed by atoms with Crippen LogP contribution < -0.4 is 48.3 Å². The number of nitrogens with two attached hydrogens (primary N) is 1. The van der Waals surface area contributed by atoms with Crippen LogP contribution in [0.4, 0.5) is 0 Å². The van der Waals surface area contributed by atoms with Crippen molar-refractivity contribution in [3.8, 4) is 0 Å². The molecule has 14 N–H and O–H groups in total. The Morgan fingerprint density at radius 2 is 1.21 bits per heavy atom. The Balaban J connectivity index is 1.44. The third-order valence-corrected chi connectivity index (χ3v) is 19.4. The Bertz CT molecular complexity index is 3400. The van der Waals surface area contributed by atoms with Crippen LogP contribution in [-0.4, -0.2) is 247 Å². The Labute approximate surface area is 605 Å². The lowest BCUT2D eigenvalue weighted by atomic mass is 9.95. The van der Waals surface area contributed by atoms with E-state index < -0.39 is 218 Å². The van der Waals surface area contributed by atoms with E-state index in [4.69, 9.17) is 10.5 Å². The lowest BCUT2D eigenvalue weighted by molar-refractivity contribution is -0.161. The first-order chi connectivity index (χ1) is 49.4. The molecule has 32 nitrogen and oxygen atoms in total. The zero-order valence-electron chi connectivity index (χ0n) is 60.5. The molecule has 4 unspecified atom stereocenters. The van der Waals surface area contributed by atoms with Gasteiger partial charge < -0.3 is 93.0 Å². The van der Waals surface area contributed by atoms with E-state index in [0.717, 1.165) is 11.0 Å². The predicted octanol–water partition coefficient (Wildman–Crippen LogP) is -2.12. The number of amides is 13. The summed E-state index contributed by atoms with van der Waals surface area (Å²) in [5.74, 6) is -13.8. The van der Waals surface area contributed by atoms with Gasteiger partial charge in [-0.2, -0.15) is 0 Å². The van der Waals surface area contributed by atoms with Crippen molar-refractivity contribution in [3.05, 3.63) is 83.6 Å². The summed E-state index contributed by atoms with van der Waals surface area (Å²) in [5.41, 5.74) is 6.41. The molecule has 4 fully saturated rings. The minimum Gasteiger partial charge on any atom is -0.461 e. The lowest BCUT2D eigenvalue weighted by Crippen LogP contribution is -2.61. The Kier molecular flexibility index (Phi) is 32.2. The van der Waals surface area contributed by atoms with Crippen LogP contribution in [0, 0.1) is 11.8 Å². The molecule has 104 heavy (non-hydrogen) atoms. The van der Waals surface area contributed by atoms with Crippen molar-refractivity contribution in [2.75, 3.05) is 39.8 Å². The second kappa shape index (κ2) is 40.0. The van der Waals surface area contributed by atoms with Gasteiger partial charge in [0.25, 0.3) is 11.8 Å². The van der Waals surface area contributed by atoms with Gasteiger partial charge >= 0.3 is 5.97 Å². The minimum absolute atomic E-state index is 0.00347. The van der Waals surface area contributed by atoms with E-state index in [9.17, 15) is 78.0 Å². The summed E-state index contributed by atoms with van der Waals surface area (Å²) in [6.45, 7) is 8.97. The number of rotatable bonds is 21. The summed E-state index contributed by atoms with van der Waals surface area (Å²) in [5, 5.41) is 65.9. The van der Waals surface area contributed by atoms with Gasteiger partial charge in [-0.15, -0.1) is 0 Å². The molecule has 0 aromatic heterocycles. The number of carbonyl (C=O) groups is 14. The normalized spacial score (nSPS) is 26.1. The van der Waals surface area contributed by atoms with Gasteiger partial charge in [0.1, 0.15) is 66.2 Å². The number of aliphatic hydroxyl groups is 4. The molecule has 4 saturated heterocycles. The molecule has 0 radical (unpaired) electrons. The van der Waals surface area contributed by atoms with Gasteiger partial charge in [0, 0.05) is 52.9 Å². The molecule has 0 saturated carbocycles. The van der Waals surface area contributed by atoms with Crippen molar-refractivity contribution in [2.24, 2.45) is 17.6 Å². The fraction of sp³-hybridized carbons (Fsp3) is 0.611. The van der Waals surface area contributed by atoms with Crippen LogP contribution >= 0.6 is 0 Å². The van der Waals surface area contributed by atoms with Crippen LogP contribution in [0.1, 0.15) is 143 Å². The van der Waals surface area contributed by atoms with Crippen LogP contribution in [0.3, 0.4) is 0 Å². The standard InChI is InChI=1S/C72H105N13O19/c1-9-41(5)59-67(98)79-52(39-86)64(95)75-48(10-2)63(94)81-60(42(6)87)68(99)77-50(28-27-44-20-13-11-14-21-44)70(101)84-32-17-24-53(84)65(96)78-51(37-47(36-46(89)35-45-22-15-12-16-23-45)104-72(103)56(34-40(3)4)82(8)43(7)88)61(92)69(100)76-49(29-30-57(73)90)62(93)74-38-58(91)83-31-19-26-55(83)71(102)85-33-18-25-54(85)66(97)80-59/h10-16,20-23,40-42,46-47,49-56,59-61,86-87,89,92H,9,17-19,24-39H2,1-8H3,(H2,73,90)(H,74,93)(H,75,95)(H,76,100)(H,77,99)(H,78,96)(H,79,98)(H,80,97)(H,81,94)/b48-10+/t41-,42+,46?,47?,49+,50+,51?,52-,53-,54-,55-,56-,59+,60+,61?/m0/s1. The quantitative estimate of drug-likeness (QED) is 0.0470. The molecule has 4 aliphatic rings. The van der Waals surface area contributed by atoms with Crippen molar-refractivity contribution in [2.45, 2.75) is 230 Å². The number of allylic oxidation sites excluding steroid dienone is 1. The highest BCUT2D eigenvalue weighted by molar-refractivity contribution is 6.03. The first kappa shape index (κ1) is 83.5. The van der Waals surface area contributed by atoms with Crippen LogP contribution in [0.5, 0.6) is 0 Å². The van der Waals surface area contributed by atoms with Gasteiger partial charge in [0.05, 0.1) is 31.4 Å². The molecule has 572 valence electrons. The minimum atomic E-state index is -2.42. The average Bonchev–Trinajstić information content (AvgIpc) is 1.61. The molecular weight excluding hydrogens is 1350 g/mol. The van der Waals surface area contributed by atoms with E-state index in [-0.39, 0.29) is 76.9 Å². The molecule has 15 atom stereocenters. The highest BCUT2D eigenvalue weighted by Crippen LogP contribution is 2.28. The smallest absolute Gasteiger partial charge is 0.329 e. The largest absolute Gasteiger partial charge is 0.461 e. The number of nitrogens with zero attached hydrogens (tertiary/aromatic N) is 4. The van der Waals surface area contributed by atoms with Gasteiger partial charge in [-0.05, 0) is 107 Å². The number of ether oxygens (including phenoxy) is 1. The fourth-order valence-electron chi connectivity index (χ4n) is 13.3. The van der Waals surface area contributed by atoms with Crippen molar-refractivity contribution in [1.82, 2.24) is 62.1 Å². The molecule has 0 spiro atoms. The maximum atomic E-state index is 15.2. The zero-order valence-corrected chi connectivity index (χ0v) is 60.5. The Morgan fingerprint density at radius 3 is 1.78 bits per heavy atom. The molecule has 0 aliphatic carbocycles. The second-order valence-corrected chi connectivity index (χ2v) is 27.7. The molecule has 0 bridgehead atoms.